The number of hydrogen-bond donors (Lipinski definition) is 1. The summed E-state index contributed by atoms with van der Waals surface area (Å²) < 4.78 is 40.7. The number of carbonyl (C=O) groups is 1. The number of anilines is 1. The lowest BCUT2D eigenvalue weighted by Gasteiger charge is -2.30. The van der Waals surface area contributed by atoms with Gasteiger partial charge < -0.3 is 4.90 Å². The summed E-state index contributed by atoms with van der Waals surface area (Å²) in [5, 5.41) is 0. The highest BCUT2D eigenvalue weighted by Gasteiger charge is 2.24. The second kappa shape index (κ2) is 7.68. The Hall–Kier alpha value is -2.41. The molecular formula is C20H23FN2O3S. The van der Waals surface area contributed by atoms with E-state index in [0.29, 0.717) is 24.6 Å². The van der Waals surface area contributed by atoms with Crippen molar-refractivity contribution in [2.45, 2.75) is 31.6 Å². The van der Waals surface area contributed by atoms with Crippen LogP contribution in [0.2, 0.25) is 0 Å². The minimum Gasteiger partial charge on any atom is -0.339 e. The molecule has 1 N–H and O–H groups in total. The predicted octanol–water partition coefficient (Wildman–Crippen LogP) is 3.81. The molecule has 1 amide bonds. The molecule has 3 rings (SSSR count). The number of benzene rings is 2. The molecule has 5 nitrogen and oxygen atoms in total. The van der Waals surface area contributed by atoms with Gasteiger partial charge in [0.05, 0.1) is 4.90 Å². The second-order valence-corrected chi connectivity index (χ2v) is 8.75. The third-order valence-corrected chi connectivity index (χ3v) is 6.30. The minimum atomic E-state index is -3.88. The average Bonchev–Trinajstić information content (AvgIpc) is 2.64. The standard InChI is InChI=1S/C20H23FN2O3S/c1-14-9-11-23(12-10-14)20(24)19-13-18(8-3-15(19)2)27(25,26)22-17-6-4-16(21)5-7-17/h3-8,13-14,22H,9-12H2,1-2H3. The molecule has 2 aromatic carbocycles. The number of rotatable bonds is 4. The van der Waals surface area contributed by atoms with E-state index in [1.807, 2.05) is 0 Å². The molecule has 27 heavy (non-hydrogen) atoms. The highest BCUT2D eigenvalue weighted by atomic mass is 32.2. The van der Waals surface area contributed by atoms with Crippen LogP contribution in [0.25, 0.3) is 0 Å². The fourth-order valence-corrected chi connectivity index (χ4v) is 4.20. The van der Waals surface area contributed by atoms with Crippen LogP contribution in [0, 0.1) is 18.7 Å². The van der Waals surface area contributed by atoms with E-state index in [9.17, 15) is 17.6 Å². The van der Waals surface area contributed by atoms with Crippen molar-refractivity contribution in [2.75, 3.05) is 17.8 Å². The maximum absolute atomic E-state index is 13.0. The minimum absolute atomic E-state index is 0.00570. The van der Waals surface area contributed by atoms with Crippen molar-refractivity contribution in [3.05, 3.63) is 59.4 Å². The number of halogens is 1. The highest BCUT2D eigenvalue weighted by molar-refractivity contribution is 7.92. The Bertz CT molecular complexity index is 934. The summed E-state index contributed by atoms with van der Waals surface area (Å²) >= 11 is 0. The van der Waals surface area contributed by atoms with Gasteiger partial charge in [0.1, 0.15) is 5.82 Å². The lowest BCUT2D eigenvalue weighted by Crippen LogP contribution is -2.38. The first-order valence-electron chi connectivity index (χ1n) is 8.94. The van der Waals surface area contributed by atoms with E-state index < -0.39 is 15.8 Å². The number of nitrogens with one attached hydrogen (secondary N) is 1. The Balaban J connectivity index is 1.85. The van der Waals surface area contributed by atoms with Crippen LogP contribution in [0.3, 0.4) is 0 Å². The van der Waals surface area contributed by atoms with Crippen LogP contribution in [0.15, 0.2) is 47.4 Å². The number of amides is 1. The second-order valence-electron chi connectivity index (χ2n) is 7.06. The van der Waals surface area contributed by atoms with Crippen molar-refractivity contribution in [3.63, 3.8) is 0 Å². The fourth-order valence-electron chi connectivity index (χ4n) is 3.11. The smallest absolute Gasteiger partial charge is 0.261 e. The molecule has 0 bridgehead atoms. The van der Waals surface area contributed by atoms with Gasteiger partial charge in [-0.05, 0) is 67.6 Å². The van der Waals surface area contributed by atoms with E-state index in [2.05, 4.69) is 11.6 Å². The van der Waals surface area contributed by atoms with Crippen LogP contribution in [-0.2, 0) is 10.0 Å². The van der Waals surface area contributed by atoms with Gasteiger partial charge in [0.2, 0.25) is 0 Å². The van der Waals surface area contributed by atoms with E-state index in [-0.39, 0.29) is 16.5 Å². The topological polar surface area (TPSA) is 66.5 Å². The summed E-state index contributed by atoms with van der Waals surface area (Å²) in [5.74, 6) is 0.0111. The van der Waals surface area contributed by atoms with Crippen LogP contribution in [0.4, 0.5) is 10.1 Å². The quantitative estimate of drug-likeness (QED) is 0.863. The summed E-state index contributed by atoms with van der Waals surface area (Å²) in [7, 11) is -3.88. The third-order valence-electron chi connectivity index (χ3n) is 4.92. The Morgan fingerprint density at radius 2 is 1.74 bits per heavy atom. The average molecular weight is 390 g/mol. The first-order chi connectivity index (χ1) is 12.8. The number of piperidine rings is 1. The van der Waals surface area contributed by atoms with Crippen LogP contribution in [0.1, 0.15) is 35.7 Å². The third kappa shape index (κ3) is 4.47. The van der Waals surface area contributed by atoms with Crippen LogP contribution in [0.5, 0.6) is 0 Å². The number of nitrogens with zero attached hydrogens (tertiary/aromatic N) is 1. The summed E-state index contributed by atoms with van der Waals surface area (Å²) in [6.07, 6.45) is 1.91. The Morgan fingerprint density at radius 3 is 2.37 bits per heavy atom. The van der Waals surface area contributed by atoms with Gasteiger partial charge in [-0.1, -0.05) is 13.0 Å². The molecule has 0 aliphatic carbocycles. The molecule has 1 heterocycles. The van der Waals surface area contributed by atoms with E-state index >= 15 is 0 Å². The van der Waals surface area contributed by atoms with Crippen molar-refractivity contribution < 1.29 is 17.6 Å². The number of likely N-dealkylation sites (tertiary alicyclic amines) is 1. The van der Waals surface area contributed by atoms with E-state index in [4.69, 9.17) is 0 Å². The van der Waals surface area contributed by atoms with Crippen molar-refractivity contribution in [3.8, 4) is 0 Å². The largest absolute Gasteiger partial charge is 0.339 e. The van der Waals surface area contributed by atoms with Gasteiger partial charge in [-0.3, -0.25) is 9.52 Å². The van der Waals surface area contributed by atoms with Crippen LogP contribution < -0.4 is 4.72 Å². The molecular weight excluding hydrogens is 367 g/mol. The van der Waals surface area contributed by atoms with Gasteiger partial charge in [-0.15, -0.1) is 0 Å². The molecule has 0 atom stereocenters. The van der Waals surface area contributed by atoms with Crippen molar-refractivity contribution in [1.29, 1.82) is 0 Å². The van der Waals surface area contributed by atoms with Gasteiger partial charge in [0.15, 0.2) is 0 Å². The number of sulfonamides is 1. The summed E-state index contributed by atoms with van der Waals surface area (Å²) in [6.45, 7) is 5.33. The van der Waals surface area contributed by atoms with Crippen LogP contribution >= 0.6 is 0 Å². The summed E-state index contributed by atoms with van der Waals surface area (Å²) in [6, 6.07) is 9.58. The zero-order valence-corrected chi connectivity index (χ0v) is 16.2. The molecule has 0 spiro atoms. The Labute approximate surface area is 159 Å². The van der Waals surface area contributed by atoms with Gasteiger partial charge >= 0.3 is 0 Å². The lowest BCUT2D eigenvalue weighted by atomic mass is 9.98. The van der Waals surface area contributed by atoms with E-state index in [0.717, 1.165) is 18.4 Å². The van der Waals surface area contributed by atoms with E-state index in [1.54, 1.807) is 17.9 Å². The zero-order valence-electron chi connectivity index (χ0n) is 15.4. The molecule has 144 valence electrons. The molecule has 1 fully saturated rings. The Kier molecular flexibility index (Phi) is 5.51. The molecule has 7 heteroatoms. The zero-order chi connectivity index (χ0) is 19.6. The monoisotopic (exact) mass is 390 g/mol. The number of aryl methyl sites for hydroxylation is 1. The molecule has 1 saturated heterocycles. The highest BCUT2D eigenvalue weighted by Crippen LogP contribution is 2.23. The maximum atomic E-state index is 13.0. The molecule has 1 aliphatic heterocycles. The van der Waals surface area contributed by atoms with Crippen LogP contribution in [-0.4, -0.2) is 32.3 Å². The Morgan fingerprint density at radius 1 is 1.11 bits per heavy atom. The normalized spacial score (nSPS) is 15.6. The molecule has 0 saturated carbocycles. The lowest BCUT2D eigenvalue weighted by molar-refractivity contribution is 0.0696. The SMILES string of the molecule is Cc1ccc(S(=O)(=O)Nc2ccc(F)cc2)cc1C(=O)N1CCC(C)CC1. The van der Waals surface area contributed by atoms with E-state index in [1.165, 1.54) is 36.4 Å². The van der Waals surface area contributed by atoms with Gasteiger partial charge in [0.25, 0.3) is 15.9 Å². The summed E-state index contributed by atoms with van der Waals surface area (Å²) in [4.78, 5) is 14.7. The van der Waals surface area contributed by atoms with Gasteiger partial charge in [0, 0.05) is 24.3 Å². The molecule has 2 aromatic rings. The van der Waals surface area contributed by atoms with Crippen molar-refractivity contribution in [2.24, 2.45) is 5.92 Å². The predicted molar refractivity (Wildman–Crippen MR) is 103 cm³/mol. The van der Waals surface area contributed by atoms with Gasteiger partial charge in [-0.2, -0.15) is 0 Å². The number of carbonyl (C=O) groups excluding carboxylic acids is 1. The van der Waals surface area contributed by atoms with Gasteiger partial charge in [-0.25, -0.2) is 12.8 Å². The summed E-state index contributed by atoms with van der Waals surface area (Å²) in [5.41, 5.74) is 1.39. The first kappa shape index (κ1) is 19.4. The first-order valence-corrected chi connectivity index (χ1v) is 10.4. The molecule has 1 aliphatic rings. The molecule has 0 aromatic heterocycles. The van der Waals surface area contributed by atoms with Crippen molar-refractivity contribution >= 4 is 21.6 Å². The molecule has 0 radical (unpaired) electrons. The molecule has 0 unspecified atom stereocenters. The maximum Gasteiger partial charge on any atom is 0.261 e. The fraction of sp³-hybridized carbons (Fsp3) is 0.350. The number of hydrogen-bond acceptors (Lipinski definition) is 3. The van der Waals surface area contributed by atoms with Crippen molar-refractivity contribution in [1.82, 2.24) is 4.90 Å².